The van der Waals surface area contributed by atoms with Gasteiger partial charge in [-0.3, -0.25) is 5.32 Å². The number of nitrogens with two attached hydrogens (primary N) is 1. The lowest BCUT2D eigenvalue weighted by Gasteiger charge is -2.61. The minimum atomic E-state index is 0.149. The van der Waals surface area contributed by atoms with Gasteiger partial charge in [-0.25, -0.2) is 0 Å². The molecule has 0 spiro atoms. The molecule has 4 rings (SSSR count). The first-order chi connectivity index (χ1) is 8.18. The number of terminal acetylenes is 1. The molecule has 3 N–H and O–H groups in total. The Labute approximate surface area is 105 Å². The molecule has 0 amide bonds. The number of rotatable bonds is 3. The first-order valence-electron chi connectivity index (χ1n) is 7.12. The molecule has 0 heterocycles. The largest absolute Gasteiger partial charge is 0.329 e. The molecular formula is C15H24N2. The standard InChI is InChI=1S/C15H24N2/c1-3-10(2)17-15(9-16)13-5-11-4-12(7-13)8-14(15)6-11/h1,10-14,17H,4-9,16H2,2H3. The zero-order valence-electron chi connectivity index (χ0n) is 10.8. The maximum absolute atomic E-state index is 6.16. The van der Waals surface area contributed by atoms with Gasteiger partial charge in [-0.05, 0) is 62.7 Å². The second kappa shape index (κ2) is 4.00. The van der Waals surface area contributed by atoms with Crippen LogP contribution in [0.25, 0.3) is 0 Å². The molecule has 2 nitrogen and oxygen atoms in total. The molecule has 4 fully saturated rings. The molecule has 2 heteroatoms. The highest BCUT2D eigenvalue weighted by Crippen LogP contribution is 2.58. The highest BCUT2D eigenvalue weighted by molar-refractivity contribution is 5.14. The van der Waals surface area contributed by atoms with Gasteiger partial charge in [0.1, 0.15) is 0 Å². The van der Waals surface area contributed by atoms with E-state index >= 15 is 0 Å². The van der Waals surface area contributed by atoms with E-state index in [-0.39, 0.29) is 11.6 Å². The van der Waals surface area contributed by atoms with Crippen LogP contribution in [0.15, 0.2) is 0 Å². The summed E-state index contributed by atoms with van der Waals surface area (Å²) in [5, 5.41) is 3.71. The van der Waals surface area contributed by atoms with E-state index in [4.69, 9.17) is 12.2 Å². The monoisotopic (exact) mass is 232 g/mol. The van der Waals surface area contributed by atoms with Crippen LogP contribution in [0.5, 0.6) is 0 Å². The van der Waals surface area contributed by atoms with Crippen LogP contribution in [0.3, 0.4) is 0 Å². The summed E-state index contributed by atoms with van der Waals surface area (Å²) in [5.41, 5.74) is 6.31. The van der Waals surface area contributed by atoms with Crippen molar-refractivity contribution in [2.24, 2.45) is 29.4 Å². The molecular weight excluding hydrogens is 208 g/mol. The molecule has 0 radical (unpaired) electrons. The molecule has 94 valence electrons. The Morgan fingerprint density at radius 3 is 2.18 bits per heavy atom. The summed E-state index contributed by atoms with van der Waals surface area (Å²) in [7, 11) is 0. The zero-order chi connectivity index (χ0) is 12.0. The highest BCUT2D eigenvalue weighted by atomic mass is 15.1. The first kappa shape index (κ1) is 11.6. The molecule has 0 aromatic carbocycles. The maximum atomic E-state index is 6.16. The van der Waals surface area contributed by atoms with Gasteiger partial charge in [0.2, 0.25) is 0 Å². The predicted octanol–water partition coefficient (Wildman–Crippen LogP) is 1.75. The van der Waals surface area contributed by atoms with E-state index in [1.807, 2.05) is 0 Å². The van der Waals surface area contributed by atoms with Crippen LogP contribution in [0.2, 0.25) is 0 Å². The normalized spacial score (nSPS) is 49.0. The lowest BCUT2D eigenvalue weighted by atomic mass is 9.48. The molecule has 4 saturated carbocycles. The summed E-state index contributed by atoms with van der Waals surface area (Å²) in [4.78, 5) is 0. The molecule has 17 heavy (non-hydrogen) atoms. The smallest absolute Gasteiger partial charge is 0.0663 e. The van der Waals surface area contributed by atoms with Gasteiger partial charge in [-0.2, -0.15) is 0 Å². The summed E-state index contributed by atoms with van der Waals surface area (Å²) in [5.74, 6) is 6.34. The Hall–Kier alpha value is -0.520. The average Bonchev–Trinajstić information content (AvgIpc) is 2.33. The van der Waals surface area contributed by atoms with Gasteiger partial charge in [-0.1, -0.05) is 5.92 Å². The van der Waals surface area contributed by atoms with Gasteiger partial charge in [0, 0.05) is 12.1 Å². The second-order valence-corrected chi connectivity index (χ2v) is 6.58. The van der Waals surface area contributed by atoms with E-state index in [2.05, 4.69) is 18.2 Å². The van der Waals surface area contributed by atoms with Crippen LogP contribution in [-0.4, -0.2) is 18.1 Å². The second-order valence-electron chi connectivity index (χ2n) is 6.58. The lowest BCUT2D eigenvalue weighted by molar-refractivity contribution is -0.0709. The Morgan fingerprint density at radius 1 is 1.24 bits per heavy atom. The Kier molecular flexibility index (Phi) is 2.72. The van der Waals surface area contributed by atoms with Crippen LogP contribution in [0.1, 0.15) is 39.0 Å². The molecule has 4 bridgehead atoms. The summed E-state index contributed by atoms with van der Waals surface area (Å²) >= 11 is 0. The fraction of sp³-hybridized carbons (Fsp3) is 0.867. The van der Waals surface area contributed by atoms with Crippen LogP contribution >= 0.6 is 0 Å². The third-order valence-electron chi connectivity index (χ3n) is 5.67. The van der Waals surface area contributed by atoms with Crippen molar-refractivity contribution in [3.63, 3.8) is 0 Å². The fourth-order valence-corrected chi connectivity index (χ4v) is 5.10. The third-order valence-corrected chi connectivity index (χ3v) is 5.67. The molecule has 1 atom stereocenters. The van der Waals surface area contributed by atoms with Gasteiger partial charge >= 0.3 is 0 Å². The summed E-state index contributed by atoms with van der Waals surface area (Å²) in [6.07, 6.45) is 12.6. The van der Waals surface area contributed by atoms with E-state index in [0.717, 1.165) is 30.2 Å². The van der Waals surface area contributed by atoms with Crippen LogP contribution in [0.4, 0.5) is 0 Å². The van der Waals surface area contributed by atoms with Crippen molar-refractivity contribution in [2.75, 3.05) is 6.54 Å². The van der Waals surface area contributed by atoms with Crippen molar-refractivity contribution in [2.45, 2.75) is 50.6 Å². The lowest BCUT2D eigenvalue weighted by Crippen LogP contribution is -2.69. The highest BCUT2D eigenvalue weighted by Gasteiger charge is 2.56. The zero-order valence-corrected chi connectivity index (χ0v) is 10.8. The molecule has 0 aliphatic heterocycles. The van der Waals surface area contributed by atoms with Crippen molar-refractivity contribution in [1.82, 2.24) is 5.32 Å². The molecule has 0 saturated heterocycles. The number of hydrogen-bond acceptors (Lipinski definition) is 2. The minimum Gasteiger partial charge on any atom is -0.329 e. The molecule has 4 aliphatic rings. The summed E-state index contributed by atoms with van der Waals surface area (Å²) in [6, 6.07) is 0.149. The number of hydrogen-bond donors (Lipinski definition) is 2. The average molecular weight is 232 g/mol. The van der Waals surface area contributed by atoms with E-state index in [1.54, 1.807) is 0 Å². The first-order valence-corrected chi connectivity index (χ1v) is 7.12. The molecule has 0 aromatic heterocycles. The Balaban J connectivity index is 1.87. The maximum Gasteiger partial charge on any atom is 0.0663 e. The van der Waals surface area contributed by atoms with Gasteiger partial charge in [0.25, 0.3) is 0 Å². The van der Waals surface area contributed by atoms with Crippen molar-refractivity contribution in [3.05, 3.63) is 0 Å². The van der Waals surface area contributed by atoms with Crippen LogP contribution in [0, 0.1) is 36.0 Å². The van der Waals surface area contributed by atoms with Crippen molar-refractivity contribution in [1.29, 1.82) is 0 Å². The van der Waals surface area contributed by atoms with Crippen molar-refractivity contribution in [3.8, 4) is 12.3 Å². The predicted molar refractivity (Wildman–Crippen MR) is 70.3 cm³/mol. The fourth-order valence-electron chi connectivity index (χ4n) is 5.10. The van der Waals surface area contributed by atoms with E-state index in [0.29, 0.717) is 0 Å². The van der Waals surface area contributed by atoms with E-state index in [9.17, 15) is 0 Å². The SMILES string of the molecule is C#CC(C)NC1(CN)C2CC3CC(C2)CC1C3. The van der Waals surface area contributed by atoms with E-state index in [1.165, 1.54) is 32.1 Å². The van der Waals surface area contributed by atoms with Crippen molar-refractivity contribution < 1.29 is 0 Å². The number of nitrogens with one attached hydrogen (secondary N) is 1. The summed E-state index contributed by atoms with van der Waals surface area (Å²) in [6.45, 7) is 2.84. The van der Waals surface area contributed by atoms with Gasteiger partial charge in [0.05, 0.1) is 6.04 Å². The third kappa shape index (κ3) is 1.63. The minimum absolute atomic E-state index is 0.149. The molecule has 0 aromatic rings. The van der Waals surface area contributed by atoms with Gasteiger partial charge in [0.15, 0.2) is 0 Å². The van der Waals surface area contributed by atoms with Crippen molar-refractivity contribution >= 4 is 0 Å². The van der Waals surface area contributed by atoms with Crippen LogP contribution in [-0.2, 0) is 0 Å². The molecule has 1 unspecified atom stereocenters. The summed E-state index contributed by atoms with van der Waals surface area (Å²) < 4.78 is 0. The Morgan fingerprint density at radius 2 is 1.76 bits per heavy atom. The molecule has 4 aliphatic carbocycles. The van der Waals surface area contributed by atoms with Crippen LogP contribution < -0.4 is 11.1 Å². The van der Waals surface area contributed by atoms with E-state index < -0.39 is 0 Å². The van der Waals surface area contributed by atoms with Gasteiger partial charge < -0.3 is 5.73 Å². The quantitative estimate of drug-likeness (QED) is 0.728. The van der Waals surface area contributed by atoms with Gasteiger partial charge in [-0.15, -0.1) is 6.42 Å². The topological polar surface area (TPSA) is 38.0 Å². The Bertz CT molecular complexity index is 313.